The minimum atomic E-state index is -0.564. The molecule has 25 heavy (non-hydrogen) atoms. The minimum Gasteiger partial charge on any atom is -0.341 e. The predicted molar refractivity (Wildman–Crippen MR) is 93.7 cm³/mol. The first-order chi connectivity index (χ1) is 11.9. The lowest BCUT2D eigenvalue weighted by Crippen LogP contribution is -2.38. The number of nitrogens with one attached hydrogen (secondary N) is 3. The summed E-state index contributed by atoms with van der Waals surface area (Å²) in [6, 6.07) is 6.63. The molecule has 1 heterocycles. The summed E-state index contributed by atoms with van der Waals surface area (Å²) in [6.45, 7) is 3.22. The molecule has 2 aromatic rings. The Morgan fingerprint density at radius 2 is 2.00 bits per heavy atom. The first-order valence-electron chi connectivity index (χ1n) is 7.35. The number of aromatic nitrogens is 3. The van der Waals surface area contributed by atoms with Crippen LogP contribution >= 0.6 is 11.8 Å². The van der Waals surface area contributed by atoms with Crippen molar-refractivity contribution in [3.8, 4) is 5.69 Å². The molecule has 132 valence electrons. The van der Waals surface area contributed by atoms with Crippen LogP contribution in [0.25, 0.3) is 5.69 Å². The monoisotopic (exact) mass is 362 g/mol. The number of aryl methyl sites for hydroxylation is 1. The highest BCUT2D eigenvalue weighted by Gasteiger charge is 2.14. The molecular formula is C15H18N6O3S. The smallest absolute Gasteiger partial charge is 0.321 e. The van der Waals surface area contributed by atoms with E-state index in [1.807, 2.05) is 6.07 Å². The zero-order valence-electron chi connectivity index (χ0n) is 14.0. The summed E-state index contributed by atoms with van der Waals surface area (Å²) < 4.78 is 1.77. The number of thioether (sulfide) groups is 1. The van der Waals surface area contributed by atoms with E-state index in [9.17, 15) is 14.4 Å². The van der Waals surface area contributed by atoms with Crippen molar-refractivity contribution in [2.24, 2.45) is 0 Å². The van der Waals surface area contributed by atoms with E-state index in [4.69, 9.17) is 0 Å². The van der Waals surface area contributed by atoms with Crippen molar-refractivity contribution in [2.75, 3.05) is 18.1 Å². The van der Waals surface area contributed by atoms with Crippen LogP contribution in [-0.4, -0.2) is 45.4 Å². The Morgan fingerprint density at radius 3 is 2.68 bits per heavy atom. The Labute approximate surface area is 148 Å². The van der Waals surface area contributed by atoms with Gasteiger partial charge in [-0.25, -0.2) is 4.79 Å². The molecule has 0 unspecified atom stereocenters. The lowest BCUT2D eigenvalue weighted by Gasteiger charge is -2.10. The third-order valence-corrected chi connectivity index (χ3v) is 3.96. The molecule has 3 N–H and O–H groups in total. The van der Waals surface area contributed by atoms with Gasteiger partial charge in [-0.05, 0) is 25.1 Å². The Morgan fingerprint density at radius 1 is 1.24 bits per heavy atom. The highest BCUT2D eigenvalue weighted by atomic mass is 32.2. The van der Waals surface area contributed by atoms with Gasteiger partial charge in [0.05, 0.1) is 11.4 Å². The number of urea groups is 1. The molecule has 1 aromatic carbocycles. The van der Waals surface area contributed by atoms with Crippen molar-refractivity contribution in [3.05, 3.63) is 30.1 Å². The summed E-state index contributed by atoms with van der Waals surface area (Å²) in [5, 5.41) is 15.8. The highest BCUT2D eigenvalue weighted by Crippen LogP contribution is 2.23. The molecule has 10 heteroatoms. The number of carbonyl (C=O) groups excluding carboxylic acids is 3. The van der Waals surface area contributed by atoms with E-state index in [-0.39, 0.29) is 11.7 Å². The van der Waals surface area contributed by atoms with Gasteiger partial charge in [-0.1, -0.05) is 17.8 Å². The average Bonchev–Trinajstić information content (AvgIpc) is 2.93. The molecule has 0 saturated carbocycles. The second kappa shape index (κ2) is 8.29. The second-order valence-corrected chi connectivity index (χ2v) is 5.96. The number of carbonyl (C=O) groups is 3. The van der Waals surface area contributed by atoms with Crippen LogP contribution in [-0.2, 0) is 9.59 Å². The molecule has 0 bridgehead atoms. The van der Waals surface area contributed by atoms with E-state index in [0.29, 0.717) is 16.7 Å². The molecule has 0 atom stereocenters. The quantitative estimate of drug-likeness (QED) is 0.685. The van der Waals surface area contributed by atoms with Gasteiger partial charge in [0.15, 0.2) is 5.16 Å². The Bertz CT molecular complexity index is 804. The molecule has 0 aliphatic rings. The van der Waals surface area contributed by atoms with Crippen LogP contribution < -0.4 is 16.0 Å². The summed E-state index contributed by atoms with van der Waals surface area (Å²) in [4.78, 5) is 34.1. The topological polar surface area (TPSA) is 118 Å². The third-order valence-electron chi connectivity index (χ3n) is 3.03. The van der Waals surface area contributed by atoms with Gasteiger partial charge >= 0.3 is 6.03 Å². The molecular weight excluding hydrogens is 344 g/mol. The normalized spacial score (nSPS) is 10.2. The van der Waals surface area contributed by atoms with Crippen molar-refractivity contribution in [1.29, 1.82) is 0 Å². The van der Waals surface area contributed by atoms with Crippen molar-refractivity contribution in [2.45, 2.75) is 19.0 Å². The maximum absolute atomic E-state index is 11.7. The zero-order valence-corrected chi connectivity index (χ0v) is 14.8. The molecule has 9 nitrogen and oxygen atoms in total. The number of imide groups is 1. The van der Waals surface area contributed by atoms with Gasteiger partial charge in [0.2, 0.25) is 11.8 Å². The van der Waals surface area contributed by atoms with Gasteiger partial charge in [-0.2, -0.15) is 0 Å². The zero-order chi connectivity index (χ0) is 18.4. The van der Waals surface area contributed by atoms with Gasteiger partial charge in [-0.3, -0.25) is 19.5 Å². The van der Waals surface area contributed by atoms with E-state index < -0.39 is 11.9 Å². The van der Waals surface area contributed by atoms with Crippen LogP contribution in [0, 0.1) is 6.92 Å². The summed E-state index contributed by atoms with van der Waals surface area (Å²) >= 11 is 1.15. The molecule has 4 amide bonds. The molecule has 0 saturated heterocycles. The molecule has 2 rings (SSSR count). The fourth-order valence-corrected chi connectivity index (χ4v) is 2.81. The van der Waals surface area contributed by atoms with Gasteiger partial charge < -0.3 is 10.6 Å². The van der Waals surface area contributed by atoms with Crippen LogP contribution in [0.1, 0.15) is 12.7 Å². The molecule has 0 radical (unpaired) electrons. The van der Waals surface area contributed by atoms with Gasteiger partial charge in [0.1, 0.15) is 5.82 Å². The minimum absolute atomic E-state index is 0.0109. The van der Waals surface area contributed by atoms with Crippen LogP contribution in [0.5, 0.6) is 0 Å². The molecule has 0 aliphatic carbocycles. The second-order valence-electron chi connectivity index (χ2n) is 5.01. The van der Waals surface area contributed by atoms with Gasteiger partial charge in [-0.15, -0.1) is 10.2 Å². The Balaban J connectivity index is 2.17. The van der Waals surface area contributed by atoms with E-state index in [1.165, 1.54) is 14.0 Å². The summed E-state index contributed by atoms with van der Waals surface area (Å²) in [5.41, 5.74) is 1.40. The SMILES string of the molecule is CNC(=O)NC(=O)CSc1nnc(C)n1-c1cccc(NC(C)=O)c1. The van der Waals surface area contributed by atoms with Crippen LogP contribution in [0.4, 0.5) is 10.5 Å². The van der Waals surface area contributed by atoms with Crippen LogP contribution in [0.2, 0.25) is 0 Å². The highest BCUT2D eigenvalue weighted by molar-refractivity contribution is 7.99. The first kappa shape index (κ1) is 18.5. The molecule has 0 spiro atoms. The number of rotatable bonds is 5. The third kappa shape index (κ3) is 5.05. The van der Waals surface area contributed by atoms with Gasteiger partial charge in [0.25, 0.3) is 0 Å². The number of amides is 4. The summed E-state index contributed by atoms with van der Waals surface area (Å²) in [6.07, 6.45) is 0. The fourth-order valence-electron chi connectivity index (χ4n) is 2.02. The van der Waals surface area contributed by atoms with Crippen molar-refractivity contribution in [3.63, 3.8) is 0 Å². The largest absolute Gasteiger partial charge is 0.341 e. The average molecular weight is 362 g/mol. The van der Waals surface area contributed by atoms with E-state index in [2.05, 4.69) is 26.1 Å². The number of benzene rings is 1. The predicted octanol–water partition coefficient (Wildman–Crippen LogP) is 1.08. The van der Waals surface area contributed by atoms with Gasteiger partial charge in [0, 0.05) is 19.7 Å². The first-order valence-corrected chi connectivity index (χ1v) is 8.33. The molecule has 0 fully saturated rings. The van der Waals surface area contributed by atoms with Crippen molar-refractivity contribution in [1.82, 2.24) is 25.4 Å². The van der Waals surface area contributed by atoms with Crippen LogP contribution in [0.3, 0.4) is 0 Å². The van der Waals surface area contributed by atoms with Crippen LogP contribution in [0.15, 0.2) is 29.4 Å². The lowest BCUT2D eigenvalue weighted by molar-refractivity contribution is -0.117. The lowest BCUT2D eigenvalue weighted by atomic mass is 10.2. The molecule has 0 aliphatic heterocycles. The van der Waals surface area contributed by atoms with E-state index >= 15 is 0 Å². The van der Waals surface area contributed by atoms with Crippen molar-refractivity contribution >= 4 is 35.3 Å². The Hall–Kier alpha value is -2.88. The standard InChI is InChI=1S/C15H18N6O3S/c1-9-19-20-15(25-8-13(23)18-14(24)16-3)21(9)12-6-4-5-11(7-12)17-10(2)22/h4-7H,8H2,1-3H3,(H,17,22)(H2,16,18,23,24). The van der Waals surface area contributed by atoms with Crippen molar-refractivity contribution < 1.29 is 14.4 Å². The Kier molecular flexibility index (Phi) is 6.12. The number of hydrogen-bond donors (Lipinski definition) is 3. The number of nitrogens with zero attached hydrogens (tertiary/aromatic N) is 3. The number of anilines is 1. The summed E-state index contributed by atoms with van der Waals surface area (Å²) in [5.74, 6) is 0.0348. The van der Waals surface area contributed by atoms with E-state index in [0.717, 1.165) is 17.4 Å². The fraction of sp³-hybridized carbons (Fsp3) is 0.267. The molecule has 1 aromatic heterocycles. The maximum Gasteiger partial charge on any atom is 0.321 e. The summed E-state index contributed by atoms with van der Waals surface area (Å²) in [7, 11) is 1.43. The number of hydrogen-bond acceptors (Lipinski definition) is 6. The maximum atomic E-state index is 11.7. The van der Waals surface area contributed by atoms with E-state index in [1.54, 1.807) is 29.7 Å².